The molecule has 1 atom stereocenters. The summed E-state index contributed by atoms with van der Waals surface area (Å²) in [6.45, 7) is 4.48. The summed E-state index contributed by atoms with van der Waals surface area (Å²) in [5, 5.41) is 3.20. The minimum absolute atomic E-state index is 0.0276. The highest BCUT2D eigenvalue weighted by molar-refractivity contribution is 7.89. The molecule has 6 nitrogen and oxygen atoms in total. The van der Waals surface area contributed by atoms with Crippen LogP contribution in [0.1, 0.15) is 5.56 Å². The maximum Gasteiger partial charge on any atom is 0.243 e. The lowest BCUT2D eigenvalue weighted by Gasteiger charge is -2.41. The number of nitrogens with one attached hydrogen (secondary N) is 1. The summed E-state index contributed by atoms with van der Waals surface area (Å²) >= 11 is 0. The molecule has 0 saturated carbocycles. The lowest BCUT2D eigenvalue weighted by atomic mass is 10.0. The molecular formula is C15H21FN2O4S. The first-order valence-corrected chi connectivity index (χ1v) is 9.06. The lowest BCUT2D eigenvalue weighted by molar-refractivity contribution is -0.118. The number of aryl methyl sites for hydroxylation is 1. The van der Waals surface area contributed by atoms with E-state index < -0.39 is 21.4 Å². The van der Waals surface area contributed by atoms with Crippen molar-refractivity contribution >= 4 is 10.0 Å². The quantitative estimate of drug-likeness (QED) is 0.847. The lowest BCUT2D eigenvalue weighted by Crippen LogP contribution is -2.59. The van der Waals surface area contributed by atoms with Crippen LogP contribution in [0.15, 0.2) is 23.1 Å². The van der Waals surface area contributed by atoms with E-state index in [0.29, 0.717) is 38.5 Å². The highest BCUT2D eigenvalue weighted by Crippen LogP contribution is 2.26. The molecule has 1 aromatic carbocycles. The molecule has 2 saturated heterocycles. The van der Waals surface area contributed by atoms with Crippen LogP contribution in [0.25, 0.3) is 0 Å². The van der Waals surface area contributed by atoms with Crippen molar-refractivity contribution in [2.24, 2.45) is 0 Å². The van der Waals surface area contributed by atoms with E-state index in [9.17, 15) is 12.8 Å². The van der Waals surface area contributed by atoms with Crippen molar-refractivity contribution < 1.29 is 22.3 Å². The largest absolute Gasteiger partial charge is 0.377 e. The molecule has 1 aromatic rings. The molecule has 2 heterocycles. The van der Waals surface area contributed by atoms with E-state index in [1.807, 2.05) is 0 Å². The van der Waals surface area contributed by atoms with Gasteiger partial charge in [0.25, 0.3) is 0 Å². The Balaban J connectivity index is 1.85. The average Bonchev–Trinajstić information content (AvgIpc) is 2.75. The zero-order valence-electron chi connectivity index (χ0n) is 13.0. The van der Waals surface area contributed by atoms with Crippen molar-refractivity contribution in [1.29, 1.82) is 0 Å². The van der Waals surface area contributed by atoms with Gasteiger partial charge < -0.3 is 14.8 Å². The maximum absolute atomic E-state index is 13.7. The van der Waals surface area contributed by atoms with E-state index in [2.05, 4.69) is 5.32 Å². The number of benzene rings is 1. The summed E-state index contributed by atoms with van der Waals surface area (Å²) < 4.78 is 52.1. The summed E-state index contributed by atoms with van der Waals surface area (Å²) in [5.74, 6) is -0.520. The predicted octanol–water partition coefficient (Wildman–Crippen LogP) is 0.514. The van der Waals surface area contributed by atoms with E-state index >= 15 is 0 Å². The van der Waals surface area contributed by atoms with Gasteiger partial charge in [-0.15, -0.1) is 0 Å². The van der Waals surface area contributed by atoms with E-state index in [1.54, 1.807) is 6.92 Å². The Kier molecular flexibility index (Phi) is 4.70. The van der Waals surface area contributed by atoms with Crippen LogP contribution in [-0.4, -0.2) is 64.3 Å². The highest BCUT2D eigenvalue weighted by atomic mass is 32.2. The molecule has 8 heteroatoms. The summed E-state index contributed by atoms with van der Waals surface area (Å²) in [6.07, 6.45) is 0. The summed E-state index contributed by atoms with van der Waals surface area (Å²) in [6, 6.07) is 4.00. The summed E-state index contributed by atoms with van der Waals surface area (Å²) in [4.78, 5) is -0.0276. The van der Waals surface area contributed by atoms with Crippen molar-refractivity contribution in [3.63, 3.8) is 0 Å². The second kappa shape index (κ2) is 6.45. The van der Waals surface area contributed by atoms with Crippen LogP contribution in [-0.2, 0) is 19.5 Å². The van der Waals surface area contributed by atoms with Gasteiger partial charge in [0, 0.05) is 26.2 Å². The third-order valence-corrected chi connectivity index (χ3v) is 6.07. The molecule has 2 fully saturated rings. The topological polar surface area (TPSA) is 67.9 Å². The Labute approximate surface area is 135 Å². The number of hydrogen-bond acceptors (Lipinski definition) is 5. The van der Waals surface area contributed by atoms with E-state index in [1.165, 1.54) is 16.4 Å². The van der Waals surface area contributed by atoms with Gasteiger partial charge in [0.1, 0.15) is 11.4 Å². The van der Waals surface area contributed by atoms with Crippen LogP contribution in [0.5, 0.6) is 0 Å². The molecule has 23 heavy (non-hydrogen) atoms. The van der Waals surface area contributed by atoms with Gasteiger partial charge in [-0.3, -0.25) is 0 Å². The Bertz CT molecular complexity index is 672. The molecule has 0 unspecified atom stereocenters. The second-order valence-corrected chi connectivity index (χ2v) is 7.95. The normalized spacial score (nSPS) is 27.0. The molecule has 0 bridgehead atoms. The Morgan fingerprint density at radius 3 is 2.96 bits per heavy atom. The standard InChI is InChI=1S/C15H21FN2O4S/c1-12-2-3-13(8-14(12)16)23(19,20)18-5-7-22-15(10-18)9-17-4-6-21-11-15/h2-3,8,17H,4-7,9-11H2,1H3/t15-/m0/s1. The number of ether oxygens (including phenoxy) is 2. The van der Waals surface area contributed by atoms with Gasteiger partial charge in [-0.05, 0) is 24.6 Å². The highest BCUT2D eigenvalue weighted by Gasteiger charge is 2.42. The molecule has 0 aromatic heterocycles. The zero-order chi connectivity index (χ0) is 16.5. The van der Waals surface area contributed by atoms with Gasteiger partial charge in [0.15, 0.2) is 0 Å². The third kappa shape index (κ3) is 3.41. The molecule has 0 amide bonds. The maximum atomic E-state index is 13.7. The van der Waals surface area contributed by atoms with Crippen molar-refractivity contribution in [2.45, 2.75) is 17.4 Å². The first-order valence-electron chi connectivity index (χ1n) is 7.62. The fourth-order valence-corrected chi connectivity index (χ4v) is 4.37. The van der Waals surface area contributed by atoms with Crippen molar-refractivity contribution in [1.82, 2.24) is 9.62 Å². The Morgan fingerprint density at radius 1 is 1.35 bits per heavy atom. The molecule has 0 aliphatic carbocycles. The molecule has 0 radical (unpaired) electrons. The van der Waals surface area contributed by atoms with Gasteiger partial charge >= 0.3 is 0 Å². The van der Waals surface area contributed by atoms with Crippen molar-refractivity contribution in [3.8, 4) is 0 Å². The van der Waals surface area contributed by atoms with Gasteiger partial charge in [-0.2, -0.15) is 4.31 Å². The fraction of sp³-hybridized carbons (Fsp3) is 0.600. The number of rotatable bonds is 2. The molecule has 2 aliphatic rings. The SMILES string of the molecule is Cc1ccc(S(=O)(=O)N2CCO[C@@]3(CNCCOC3)C2)cc1F. The molecular weight excluding hydrogens is 323 g/mol. The first-order chi connectivity index (χ1) is 10.9. The van der Waals surface area contributed by atoms with E-state index in [0.717, 1.165) is 6.07 Å². The van der Waals surface area contributed by atoms with Crippen LogP contribution in [0.2, 0.25) is 0 Å². The first kappa shape index (κ1) is 16.8. The molecule has 2 aliphatic heterocycles. The van der Waals surface area contributed by atoms with Crippen LogP contribution in [0.4, 0.5) is 4.39 Å². The van der Waals surface area contributed by atoms with Crippen LogP contribution >= 0.6 is 0 Å². The van der Waals surface area contributed by atoms with Crippen molar-refractivity contribution in [2.75, 3.05) is 46.0 Å². The smallest absolute Gasteiger partial charge is 0.243 e. The number of hydrogen-bond donors (Lipinski definition) is 1. The van der Waals surface area contributed by atoms with Gasteiger partial charge in [0.2, 0.25) is 10.0 Å². The van der Waals surface area contributed by atoms with Crippen LogP contribution in [0.3, 0.4) is 0 Å². The average molecular weight is 344 g/mol. The molecule has 128 valence electrons. The number of morpholine rings is 1. The minimum Gasteiger partial charge on any atom is -0.377 e. The minimum atomic E-state index is -3.76. The van der Waals surface area contributed by atoms with E-state index in [-0.39, 0.29) is 18.0 Å². The predicted molar refractivity (Wildman–Crippen MR) is 82.3 cm³/mol. The van der Waals surface area contributed by atoms with E-state index in [4.69, 9.17) is 9.47 Å². The molecule has 1 spiro atoms. The van der Waals surface area contributed by atoms with Crippen molar-refractivity contribution in [3.05, 3.63) is 29.6 Å². The van der Waals surface area contributed by atoms with Gasteiger partial charge in [-0.25, -0.2) is 12.8 Å². The zero-order valence-corrected chi connectivity index (χ0v) is 13.9. The molecule has 3 rings (SSSR count). The second-order valence-electron chi connectivity index (χ2n) is 6.01. The third-order valence-electron chi connectivity index (χ3n) is 4.23. The van der Waals surface area contributed by atoms with Gasteiger partial charge in [-0.1, -0.05) is 6.07 Å². The number of halogens is 1. The Hall–Kier alpha value is -1.06. The summed E-state index contributed by atoms with van der Waals surface area (Å²) in [7, 11) is -3.76. The van der Waals surface area contributed by atoms with Crippen LogP contribution < -0.4 is 5.32 Å². The van der Waals surface area contributed by atoms with Gasteiger partial charge in [0.05, 0.1) is 24.7 Å². The fourth-order valence-electron chi connectivity index (χ4n) is 2.86. The van der Waals surface area contributed by atoms with Crippen LogP contribution in [0, 0.1) is 12.7 Å². The monoisotopic (exact) mass is 344 g/mol. The Morgan fingerprint density at radius 2 is 2.17 bits per heavy atom. The molecule has 1 N–H and O–H groups in total. The summed E-state index contributed by atoms with van der Waals surface area (Å²) in [5.41, 5.74) is -0.269. The number of sulfonamides is 1. The number of nitrogens with zero attached hydrogens (tertiary/aromatic N) is 1.